The minimum Gasteiger partial charge on any atom is -0.493 e. The summed E-state index contributed by atoms with van der Waals surface area (Å²) >= 11 is 0. The van der Waals surface area contributed by atoms with Gasteiger partial charge in [-0.2, -0.15) is 5.26 Å². The number of nitriles is 1. The van der Waals surface area contributed by atoms with E-state index in [1.807, 2.05) is 30.3 Å². The van der Waals surface area contributed by atoms with Gasteiger partial charge in [-0.25, -0.2) is 9.97 Å². The number of rotatable bonds is 8. The second-order valence-electron chi connectivity index (χ2n) is 8.25. The predicted molar refractivity (Wildman–Crippen MR) is 125 cm³/mol. The lowest BCUT2D eigenvalue weighted by Gasteiger charge is -2.30. The molecule has 7 nitrogen and oxygen atoms in total. The van der Waals surface area contributed by atoms with Gasteiger partial charge in [0.2, 0.25) is 0 Å². The highest BCUT2D eigenvalue weighted by Crippen LogP contribution is 2.35. The average Bonchev–Trinajstić information content (AvgIpc) is 2.83. The van der Waals surface area contributed by atoms with Crippen LogP contribution >= 0.6 is 0 Å². The molecule has 0 amide bonds. The van der Waals surface area contributed by atoms with Gasteiger partial charge in [0.1, 0.15) is 18.2 Å². The molecular formula is C25H29N5O2. The van der Waals surface area contributed by atoms with Crippen LogP contribution in [0.2, 0.25) is 0 Å². The standard InChI is InChI=1S/C25H29N5O2/c1-18-8-11-30(12-9-18)10-5-13-32-24-15-22-20(14-23(24)31-2)25(28-17-27-22)29-21-7-4-3-6-19(21)16-26/h3-4,6-7,14-15,17-18H,5,8-13H2,1-2H3,(H,27,28,29). The summed E-state index contributed by atoms with van der Waals surface area (Å²) in [6.07, 6.45) is 5.05. The van der Waals surface area contributed by atoms with Crippen molar-refractivity contribution in [2.45, 2.75) is 26.2 Å². The number of fused-ring (bicyclic) bond motifs is 1. The number of anilines is 2. The molecule has 0 atom stereocenters. The average molecular weight is 432 g/mol. The molecule has 2 aromatic carbocycles. The normalized spacial score (nSPS) is 14.8. The van der Waals surface area contributed by atoms with Gasteiger partial charge in [0.15, 0.2) is 11.5 Å². The maximum Gasteiger partial charge on any atom is 0.163 e. The number of piperidine rings is 1. The van der Waals surface area contributed by atoms with Crippen LogP contribution in [0.15, 0.2) is 42.7 Å². The first kappa shape index (κ1) is 21.8. The van der Waals surface area contributed by atoms with Gasteiger partial charge in [-0.1, -0.05) is 19.1 Å². The van der Waals surface area contributed by atoms with E-state index in [2.05, 4.69) is 33.2 Å². The Bertz CT molecular complexity index is 1100. The zero-order chi connectivity index (χ0) is 22.3. The van der Waals surface area contributed by atoms with Crippen LogP contribution < -0.4 is 14.8 Å². The summed E-state index contributed by atoms with van der Waals surface area (Å²) in [4.78, 5) is 11.3. The minimum atomic E-state index is 0.550. The molecule has 0 unspecified atom stereocenters. The van der Waals surface area contributed by atoms with Gasteiger partial charge in [0.05, 0.1) is 30.5 Å². The zero-order valence-corrected chi connectivity index (χ0v) is 18.7. The number of hydrogen-bond donors (Lipinski definition) is 1. The van der Waals surface area contributed by atoms with Gasteiger partial charge >= 0.3 is 0 Å². The molecule has 2 heterocycles. The molecule has 1 N–H and O–H groups in total. The van der Waals surface area contributed by atoms with Crippen LogP contribution in [0.25, 0.3) is 10.9 Å². The van der Waals surface area contributed by atoms with Crippen molar-refractivity contribution >= 4 is 22.4 Å². The van der Waals surface area contributed by atoms with Crippen LogP contribution in [0.5, 0.6) is 11.5 Å². The first-order valence-electron chi connectivity index (χ1n) is 11.1. The quantitative estimate of drug-likeness (QED) is 0.515. The molecule has 0 radical (unpaired) electrons. The summed E-state index contributed by atoms with van der Waals surface area (Å²) in [6.45, 7) is 6.38. The van der Waals surface area contributed by atoms with Crippen LogP contribution in [0.1, 0.15) is 31.7 Å². The lowest BCUT2D eigenvalue weighted by Crippen LogP contribution is -2.34. The van der Waals surface area contributed by atoms with Crippen molar-refractivity contribution in [2.75, 3.05) is 38.7 Å². The third-order valence-corrected chi connectivity index (χ3v) is 5.97. The van der Waals surface area contributed by atoms with E-state index in [-0.39, 0.29) is 0 Å². The molecule has 1 fully saturated rings. The molecule has 32 heavy (non-hydrogen) atoms. The predicted octanol–water partition coefficient (Wildman–Crippen LogP) is 4.75. The number of likely N-dealkylation sites (tertiary alicyclic amines) is 1. The number of benzene rings is 2. The van der Waals surface area contributed by atoms with Crippen LogP contribution in [0, 0.1) is 17.2 Å². The van der Waals surface area contributed by atoms with Gasteiger partial charge in [0.25, 0.3) is 0 Å². The Balaban J connectivity index is 1.47. The van der Waals surface area contributed by atoms with Gasteiger partial charge < -0.3 is 19.7 Å². The Morgan fingerprint density at radius 3 is 2.75 bits per heavy atom. The summed E-state index contributed by atoms with van der Waals surface area (Å²) in [5.74, 6) is 2.77. The van der Waals surface area contributed by atoms with E-state index in [0.29, 0.717) is 35.2 Å². The second-order valence-corrected chi connectivity index (χ2v) is 8.25. The van der Waals surface area contributed by atoms with Gasteiger partial charge in [-0.15, -0.1) is 0 Å². The highest BCUT2D eigenvalue weighted by atomic mass is 16.5. The SMILES string of the molecule is COc1cc2c(Nc3ccccc3C#N)ncnc2cc1OCCCN1CCC(C)CC1. The van der Waals surface area contributed by atoms with Crippen molar-refractivity contribution in [1.29, 1.82) is 5.26 Å². The molecule has 7 heteroatoms. The summed E-state index contributed by atoms with van der Waals surface area (Å²) in [7, 11) is 1.63. The molecular weight excluding hydrogens is 402 g/mol. The summed E-state index contributed by atoms with van der Waals surface area (Å²) in [6, 6.07) is 13.3. The lowest BCUT2D eigenvalue weighted by atomic mass is 9.99. The fourth-order valence-corrected chi connectivity index (χ4v) is 4.01. The van der Waals surface area contributed by atoms with E-state index in [1.54, 1.807) is 13.2 Å². The highest BCUT2D eigenvalue weighted by molar-refractivity contribution is 5.93. The largest absolute Gasteiger partial charge is 0.493 e. The lowest BCUT2D eigenvalue weighted by molar-refractivity contribution is 0.176. The van der Waals surface area contributed by atoms with Gasteiger partial charge in [0, 0.05) is 18.0 Å². The molecule has 1 aromatic heterocycles. The molecule has 1 aliphatic heterocycles. The molecule has 4 rings (SSSR count). The fraction of sp³-hybridized carbons (Fsp3) is 0.400. The van der Waals surface area contributed by atoms with E-state index in [0.717, 1.165) is 29.8 Å². The van der Waals surface area contributed by atoms with Crippen molar-refractivity contribution in [2.24, 2.45) is 5.92 Å². The molecule has 0 aliphatic carbocycles. The molecule has 166 valence electrons. The van der Waals surface area contributed by atoms with Crippen molar-refractivity contribution in [3.63, 3.8) is 0 Å². The molecule has 3 aromatic rings. The fourth-order valence-electron chi connectivity index (χ4n) is 4.01. The van der Waals surface area contributed by atoms with E-state index < -0.39 is 0 Å². The molecule has 0 bridgehead atoms. The van der Waals surface area contributed by atoms with E-state index >= 15 is 0 Å². The van der Waals surface area contributed by atoms with Crippen molar-refractivity contribution in [3.8, 4) is 17.6 Å². The number of methoxy groups -OCH3 is 1. The Hall–Kier alpha value is -3.37. The topological polar surface area (TPSA) is 83.3 Å². The summed E-state index contributed by atoms with van der Waals surface area (Å²) in [5.41, 5.74) is 1.99. The smallest absolute Gasteiger partial charge is 0.163 e. The molecule has 0 spiro atoms. The number of ether oxygens (including phenoxy) is 2. The van der Waals surface area contributed by atoms with Crippen LogP contribution in [0.4, 0.5) is 11.5 Å². The first-order chi connectivity index (χ1) is 15.7. The number of hydrogen-bond acceptors (Lipinski definition) is 7. The second kappa shape index (κ2) is 10.3. The Labute approximate surface area is 189 Å². The van der Waals surface area contributed by atoms with E-state index in [4.69, 9.17) is 9.47 Å². The molecule has 1 saturated heterocycles. The Morgan fingerprint density at radius 1 is 1.16 bits per heavy atom. The third-order valence-electron chi connectivity index (χ3n) is 5.97. The van der Waals surface area contributed by atoms with Crippen molar-refractivity contribution < 1.29 is 9.47 Å². The Morgan fingerprint density at radius 2 is 1.97 bits per heavy atom. The maximum absolute atomic E-state index is 9.36. The molecule has 0 saturated carbocycles. The van der Waals surface area contributed by atoms with Crippen LogP contribution in [0.3, 0.4) is 0 Å². The zero-order valence-electron chi connectivity index (χ0n) is 18.7. The maximum atomic E-state index is 9.36. The number of nitrogens with one attached hydrogen (secondary N) is 1. The van der Waals surface area contributed by atoms with E-state index in [9.17, 15) is 5.26 Å². The van der Waals surface area contributed by atoms with Crippen molar-refractivity contribution in [1.82, 2.24) is 14.9 Å². The first-order valence-corrected chi connectivity index (χ1v) is 11.1. The monoisotopic (exact) mass is 431 g/mol. The summed E-state index contributed by atoms with van der Waals surface area (Å²) in [5, 5.41) is 13.4. The number of nitrogens with zero attached hydrogens (tertiary/aromatic N) is 4. The number of para-hydroxylation sites is 1. The third kappa shape index (κ3) is 5.09. The minimum absolute atomic E-state index is 0.550. The van der Waals surface area contributed by atoms with Crippen LogP contribution in [-0.4, -0.2) is 48.2 Å². The van der Waals surface area contributed by atoms with Gasteiger partial charge in [-0.05, 0) is 56.5 Å². The van der Waals surface area contributed by atoms with Crippen molar-refractivity contribution in [3.05, 3.63) is 48.3 Å². The van der Waals surface area contributed by atoms with Gasteiger partial charge in [-0.3, -0.25) is 0 Å². The summed E-state index contributed by atoms with van der Waals surface area (Å²) < 4.78 is 11.7. The van der Waals surface area contributed by atoms with E-state index in [1.165, 1.54) is 32.3 Å². The number of aromatic nitrogens is 2. The molecule has 1 aliphatic rings. The van der Waals surface area contributed by atoms with Crippen LogP contribution in [-0.2, 0) is 0 Å². The Kier molecular flexibility index (Phi) is 7.03. The highest BCUT2D eigenvalue weighted by Gasteiger charge is 2.16.